The largest absolute Gasteiger partial charge is 0.370 e. The molecule has 0 unspecified atom stereocenters. The Balaban J connectivity index is 1.51. The number of morpholine rings is 1. The molecule has 1 aliphatic carbocycles. The first-order valence-corrected chi connectivity index (χ1v) is 8.94. The van der Waals surface area contributed by atoms with Gasteiger partial charge in [-0.15, -0.1) is 11.8 Å². The lowest BCUT2D eigenvalue weighted by Gasteiger charge is -2.33. The van der Waals surface area contributed by atoms with Crippen molar-refractivity contribution in [3.63, 3.8) is 0 Å². The molecule has 0 radical (unpaired) electrons. The summed E-state index contributed by atoms with van der Waals surface area (Å²) in [6, 6.07) is 10.2. The molecule has 4 heteroatoms. The maximum absolute atomic E-state index is 12.4. The topological polar surface area (TPSA) is 29.5 Å². The van der Waals surface area contributed by atoms with E-state index in [1.807, 2.05) is 34.9 Å². The minimum Gasteiger partial charge on any atom is -0.370 e. The van der Waals surface area contributed by atoms with Crippen LogP contribution in [0.5, 0.6) is 0 Å². The van der Waals surface area contributed by atoms with Gasteiger partial charge in [0.05, 0.1) is 18.9 Å². The molecule has 0 N–H and O–H groups in total. The first kappa shape index (κ1) is 14.9. The Morgan fingerprint density at radius 1 is 1.24 bits per heavy atom. The van der Waals surface area contributed by atoms with Crippen LogP contribution in [-0.2, 0) is 9.53 Å². The van der Waals surface area contributed by atoms with Crippen molar-refractivity contribution >= 4 is 17.7 Å². The number of carbonyl (C=O) groups is 1. The number of rotatable bonds is 4. The minimum atomic E-state index is 0.0281. The molecule has 2 aliphatic rings. The number of benzene rings is 1. The number of hydrogen-bond donors (Lipinski definition) is 0. The van der Waals surface area contributed by atoms with Gasteiger partial charge in [-0.2, -0.15) is 0 Å². The first-order valence-electron chi connectivity index (χ1n) is 7.89. The number of thioether (sulfide) groups is 1. The third kappa shape index (κ3) is 4.01. The highest BCUT2D eigenvalue weighted by Crippen LogP contribution is 2.30. The van der Waals surface area contributed by atoms with Crippen LogP contribution in [0, 0.1) is 0 Å². The van der Waals surface area contributed by atoms with Gasteiger partial charge in [0.25, 0.3) is 0 Å². The zero-order valence-corrected chi connectivity index (χ0v) is 13.2. The lowest BCUT2D eigenvalue weighted by atomic mass is 10.1. The van der Waals surface area contributed by atoms with Crippen molar-refractivity contribution < 1.29 is 9.53 Å². The number of hydrogen-bond acceptors (Lipinski definition) is 3. The van der Waals surface area contributed by atoms with Crippen LogP contribution in [0.2, 0.25) is 0 Å². The summed E-state index contributed by atoms with van der Waals surface area (Å²) in [5, 5.41) is 0.708. The van der Waals surface area contributed by atoms with Gasteiger partial charge in [-0.05, 0) is 18.4 Å². The molecule has 1 amide bonds. The first-order chi connectivity index (χ1) is 10.3. The molecule has 1 heterocycles. The van der Waals surface area contributed by atoms with Crippen molar-refractivity contribution in [3.8, 4) is 0 Å². The van der Waals surface area contributed by atoms with Crippen LogP contribution in [0.25, 0.3) is 0 Å². The maximum atomic E-state index is 12.4. The number of amides is 1. The molecule has 2 fully saturated rings. The molecule has 1 saturated heterocycles. The third-order valence-electron chi connectivity index (χ3n) is 4.34. The molecule has 0 aromatic heterocycles. The Labute approximate surface area is 131 Å². The number of carbonyl (C=O) groups excluding carboxylic acids is 1. The fourth-order valence-corrected chi connectivity index (χ4v) is 4.31. The number of nitrogens with zero attached hydrogens (tertiary/aromatic N) is 1. The van der Waals surface area contributed by atoms with Crippen LogP contribution in [-0.4, -0.2) is 41.5 Å². The van der Waals surface area contributed by atoms with Crippen LogP contribution in [0.3, 0.4) is 0 Å². The van der Waals surface area contributed by atoms with Crippen LogP contribution in [0.15, 0.2) is 30.3 Å². The Bertz CT molecular complexity index is 459. The van der Waals surface area contributed by atoms with E-state index in [-0.39, 0.29) is 12.0 Å². The lowest BCUT2D eigenvalue weighted by molar-refractivity contribution is -0.136. The van der Waals surface area contributed by atoms with Crippen LogP contribution < -0.4 is 0 Å². The average Bonchev–Trinajstić information content (AvgIpc) is 3.07. The Morgan fingerprint density at radius 3 is 2.76 bits per heavy atom. The molecule has 0 spiro atoms. The number of ether oxygens (including phenoxy) is 1. The Morgan fingerprint density at radius 2 is 2.00 bits per heavy atom. The van der Waals surface area contributed by atoms with Crippen LogP contribution in [0.4, 0.5) is 0 Å². The molecule has 1 aromatic rings. The summed E-state index contributed by atoms with van der Waals surface area (Å²) < 4.78 is 5.82. The van der Waals surface area contributed by atoms with Gasteiger partial charge in [0.15, 0.2) is 0 Å². The monoisotopic (exact) mass is 305 g/mol. The smallest absolute Gasteiger partial charge is 0.232 e. The van der Waals surface area contributed by atoms with Crippen molar-refractivity contribution in [3.05, 3.63) is 35.9 Å². The maximum Gasteiger partial charge on any atom is 0.232 e. The van der Waals surface area contributed by atoms with E-state index in [1.54, 1.807) is 0 Å². The van der Waals surface area contributed by atoms with Crippen molar-refractivity contribution in [2.45, 2.75) is 37.0 Å². The molecule has 3 rings (SSSR count). The van der Waals surface area contributed by atoms with Gasteiger partial charge < -0.3 is 9.64 Å². The summed E-state index contributed by atoms with van der Waals surface area (Å²) in [6.07, 6.45) is 5.26. The molecule has 1 saturated carbocycles. The van der Waals surface area contributed by atoms with Crippen LogP contribution >= 0.6 is 11.8 Å². The molecule has 1 aliphatic heterocycles. The van der Waals surface area contributed by atoms with Crippen LogP contribution in [0.1, 0.15) is 37.4 Å². The molecular weight excluding hydrogens is 282 g/mol. The van der Waals surface area contributed by atoms with Gasteiger partial charge in [0.1, 0.15) is 6.10 Å². The zero-order valence-electron chi connectivity index (χ0n) is 12.4. The SMILES string of the molecule is O=C(CSC1CCCC1)N1CCO[C@H](c2ccccc2)C1. The summed E-state index contributed by atoms with van der Waals surface area (Å²) in [5.74, 6) is 0.905. The normalized spacial score (nSPS) is 23.4. The van der Waals surface area contributed by atoms with Crippen molar-refractivity contribution in [1.82, 2.24) is 4.90 Å². The van der Waals surface area contributed by atoms with E-state index in [1.165, 1.54) is 31.2 Å². The third-order valence-corrected chi connectivity index (χ3v) is 5.69. The second-order valence-electron chi connectivity index (χ2n) is 5.83. The van der Waals surface area contributed by atoms with E-state index in [0.717, 1.165) is 6.54 Å². The minimum absolute atomic E-state index is 0.0281. The van der Waals surface area contributed by atoms with E-state index >= 15 is 0 Å². The highest BCUT2D eigenvalue weighted by Gasteiger charge is 2.26. The van der Waals surface area contributed by atoms with Gasteiger partial charge in [0.2, 0.25) is 5.91 Å². The van der Waals surface area contributed by atoms with E-state index < -0.39 is 0 Å². The quantitative estimate of drug-likeness (QED) is 0.855. The summed E-state index contributed by atoms with van der Waals surface area (Å²) >= 11 is 1.85. The molecule has 1 aromatic carbocycles. The Hall–Kier alpha value is -1.00. The van der Waals surface area contributed by atoms with Gasteiger partial charge in [-0.1, -0.05) is 43.2 Å². The van der Waals surface area contributed by atoms with Gasteiger partial charge in [0, 0.05) is 11.8 Å². The van der Waals surface area contributed by atoms with Gasteiger partial charge >= 0.3 is 0 Å². The second kappa shape index (κ2) is 7.32. The standard InChI is InChI=1S/C17H23NO2S/c19-17(13-21-15-8-4-5-9-15)18-10-11-20-16(12-18)14-6-2-1-3-7-14/h1-3,6-7,15-16H,4-5,8-13H2/t16-/m0/s1. The van der Waals surface area contributed by atoms with E-state index in [2.05, 4.69) is 12.1 Å². The van der Waals surface area contributed by atoms with E-state index in [9.17, 15) is 4.79 Å². The predicted octanol–water partition coefficient (Wildman–Crippen LogP) is 3.26. The Kier molecular flexibility index (Phi) is 5.20. The average molecular weight is 305 g/mol. The van der Waals surface area contributed by atoms with Gasteiger partial charge in [-0.25, -0.2) is 0 Å². The zero-order chi connectivity index (χ0) is 14.5. The fourth-order valence-electron chi connectivity index (χ4n) is 3.08. The molecular formula is C17H23NO2S. The van der Waals surface area contributed by atoms with Gasteiger partial charge in [-0.3, -0.25) is 4.79 Å². The summed E-state index contributed by atoms with van der Waals surface area (Å²) in [5.41, 5.74) is 1.17. The molecule has 114 valence electrons. The fraction of sp³-hybridized carbons (Fsp3) is 0.588. The summed E-state index contributed by atoms with van der Waals surface area (Å²) in [4.78, 5) is 14.4. The van der Waals surface area contributed by atoms with E-state index in [0.29, 0.717) is 24.2 Å². The summed E-state index contributed by atoms with van der Waals surface area (Å²) in [6.45, 7) is 2.06. The van der Waals surface area contributed by atoms with E-state index in [4.69, 9.17) is 4.74 Å². The predicted molar refractivity (Wildman–Crippen MR) is 86.4 cm³/mol. The lowest BCUT2D eigenvalue weighted by Crippen LogP contribution is -2.43. The van der Waals surface area contributed by atoms with Crippen molar-refractivity contribution in [2.75, 3.05) is 25.4 Å². The molecule has 0 bridgehead atoms. The van der Waals surface area contributed by atoms with Crippen molar-refractivity contribution in [2.24, 2.45) is 0 Å². The highest BCUT2D eigenvalue weighted by molar-refractivity contribution is 8.00. The molecule has 21 heavy (non-hydrogen) atoms. The second-order valence-corrected chi connectivity index (χ2v) is 7.12. The molecule has 3 nitrogen and oxygen atoms in total. The van der Waals surface area contributed by atoms with Crippen molar-refractivity contribution in [1.29, 1.82) is 0 Å². The summed E-state index contributed by atoms with van der Waals surface area (Å²) in [7, 11) is 0. The highest BCUT2D eigenvalue weighted by atomic mass is 32.2. The molecule has 1 atom stereocenters.